The Balaban J connectivity index is 1.76. The monoisotopic (exact) mass is 391 g/mol. The van der Waals surface area contributed by atoms with E-state index in [0.29, 0.717) is 35.3 Å². The molecule has 1 aliphatic heterocycles. The second-order valence-corrected chi connectivity index (χ2v) is 8.43. The molecule has 2 N–H and O–H groups in total. The molecule has 2 atom stereocenters. The maximum Gasteiger partial charge on any atom is 0.196 e. The minimum absolute atomic E-state index is 0.00807. The van der Waals surface area contributed by atoms with Crippen LogP contribution < -0.4 is 10.2 Å². The molecule has 0 saturated carbocycles. The number of nitrogens with zero attached hydrogens (tertiary/aromatic N) is 2. The number of aromatic nitrogens is 1. The Kier molecular flexibility index (Phi) is 4.32. The Labute approximate surface area is 169 Å². The molecule has 2 heterocycles. The second kappa shape index (κ2) is 6.88. The number of rotatable bonds is 4. The number of aliphatic hydroxyl groups is 1. The maximum atomic E-state index is 13.4. The fraction of sp³-hybridized carbons (Fsp3) is 0.391. The van der Waals surface area contributed by atoms with Crippen molar-refractivity contribution in [2.45, 2.75) is 20.3 Å². The van der Waals surface area contributed by atoms with E-state index < -0.39 is 0 Å². The molecule has 150 valence electrons. The first-order valence-electron chi connectivity index (χ1n) is 10.3. The van der Waals surface area contributed by atoms with E-state index in [1.165, 1.54) is 6.42 Å². The van der Waals surface area contributed by atoms with Gasteiger partial charge in [-0.25, -0.2) is 0 Å². The number of nitrogens with one attached hydrogen (secondary N) is 1. The van der Waals surface area contributed by atoms with E-state index in [2.05, 4.69) is 29.2 Å². The first-order chi connectivity index (χ1) is 14.1. The van der Waals surface area contributed by atoms with Gasteiger partial charge in [0.25, 0.3) is 0 Å². The van der Waals surface area contributed by atoms with Gasteiger partial charge < -0.3 is 19.8 Å². The van der Waals surface area contributed by atoms with Crippen LogP contribution in [0.15, 0.2) is 34.9 Å². The van der Waals surface area contributed by atoms with Crippen molar-refractivity contribution in [3.05, 3.63) is 41.5 Å². The van der Waals surface area contributed by atoms with Crippen molar-refractivity contribution in [2.75, 3.05) is 36.5 Å². The molecule has 0 unspecified atom stereocenters. The highest BCUT2D eigenvalue weighted by Gasteiger charge is 2.34. The number of aliphatic hydroxyl groups excluding tert-OH is 1. The Bertz CT molecular complexity index is 1090. The zero-order valence-electron chi connectivity index (χ0n) is 16.7. The fourth-order valence-electron chi connectivity index (χ4n) is 4.97. The second-order valence-electron chi connectivity index (χ2n) is 8.43. The van der Waals surface area contributed by atoms with Gasteiger partial charge >= 0.3 is 0 Å². The average Bonchev–Trinajstić information content (AvgIpc) is 3.15. The van der Waals surface area contributed by atoms with Crippen LogP contribution in [0.2, 0.25) is 0 Å². The normalized spacial score (nSPS) is 20.8. The summed E-state index contributed by atoms with van der Waals surface area (Å²) in [6, 6.07) is 9.52. The molecule has 3 aromatic rings. The molecule has 6 heteroatoms. The third-order valence-electron chi connectivity index (χ3n) is 6.02. The lowest BCUT2D eigenvalue weighted by Crippen LogP contribution is -2.39. The topological polar surface area (TPSA) is 78.6 Å². The summed E-state index contributed by atoms with van der Waals surface area (Å²) in [5.41, 5.74) is 4.47. The first kappa shape index (κ1) is 18.2. The van der Waals surface area contributed by atoms with Crippen molar-refractivity contribution in [2.24, 2.45) is 11.8 Å². The number of benzene rings is 2. The lowest BCUT2D eigenvalue weighted by molar-refractivity contribution is 0.104. The van der Waals surface area contributed by atoms with Gasteiger partial charge in [-0.05, 0) is 24.3 Å². The quantitative estimate of drug-likeness (QED) is 0.549. The van der Waals surface area contributed by atoms with Crippen molar-refractivity contribution in [1.82, 2.24) is 5.16 Å². The van der Waals surface area contributed by atoms with Crippen LogP contribution in [0.5, 0.6) is 0 Å². The molecule has 2 aromatic carbocycles. The van der Waals surface area contributed by atoms with Gasteiger partial charge in [0.1, 0.15) is 5.52 Å². The Morgan fingerprint density at radius 1 is 1.21 bits per heavy atom. The zero-order valence-corrected chi connectivity index (χ0v) is 16.7. The summed E-state index contributed by atoms with van der Waals surface area (Å²) in [7, 11) is 0. The summed E-state index contributed by atoms with van der Waals surface area (Å²) >= 11 is 0. The van der Waals surface area contributed by atoms with Crippen LogP contribution in [0.4, 0.5) is 11.4 Å². The van der Waals surface area contributed by atoms with Crippen LogP contribution in [0, 0.1) is 11.8 Å². The number of piperidine rings is 1. The molecular weight excluding hydrogens is 366 g/mol. The van der Waals surface area contributed by atoms with Gasteiger partial charge in [0, 0.05) is 36.4 Å². The molecule has 2 aliphatic rings. The molecule has 6 nitrogen and oxygen atoms in total. The highest BCUT2D eigenvalue weighted by Crippen LogP contribution is 2.46. The van der Waals surface area contributed by atoms with E-state index in [1.54, 1.807) is 0 Å². The molecular formula is C23H25N3O3. The third kappa shape index (κ3) is 2.82. The average molecular weight is 391 g/mol. The highest BCUT2D eigenvalue weighted by molar-refractivity contribution is 6.28. The standard InChI is InChI=1S/C23H25N3O3/c1-13-9-14(2)12-26(11-13)18-10-17(24-7-8-27)19-20-21(18)25-29-23(20)16-6-4-3-5-15(16)22(19)28/h3-6,10,13-14,24,27H,7-9,11-12H2,1-2H3/t13-,14-/m1/s1. The summed E-state index contributed by atoms with van der Waals surface area (Å²) in [6.07, 6.45) is 1.21. The number of hydrogen-bond donors (Lipinski definition) is 2. The minimum atomic E-state index is -0.0336. The smallest absolute Gasteiger partial charge is 0.196 e. The number of carbonyl (C=O) groups is 1. The Hall–Kier alpha value is -2.86. The largest absolute Gasteiger partial charge is 0.395 e. The van der Waals surface area contributed by atoms with Crippen LogP contribution in [-0.4, -0.2) is 42.3 Å². The summed E-state index contributed by atoms with van der Waals surface area (Å²) < 4.78 is 5.81. The minimum Gasteiger partial charge on any atom is -0.395 e. The molecule has 0 amide bonds. The van der Waals surface area contributed by atoms with Crippen LogP contribution >= 0.6 is 0 Å². The van der Waals surface area contributed by atoms with E-state index in [9.17, 15) is 9.90 Å². The Morgan fingerprint density at radius 2 is 1.93 bits per heavy atom. The van der Waals surface area contributed by atoms with E-state index in [0.717, 1.165) is 40.9 Å². The van der Waals surface area contributed by atoms with Crippen molar-refractivity contribution in [3.63, 3.8) is 0 Å². The van der Waals surface area contributed by atoms with Gasteiger partial charge in [0.15, 0.2) is 11.5 Å². The number of ketones is 1. The fourth-order valence-corrected chi connectivity index (χ4v) is 4.97. The van der Waals surface area contributed by atoms with Crippen LogP contribution in [0.1, 0.15) is 36.2 Å². The van der Waals surface area contributed by atoms with Crippen molar-refractivity contribution in [1.29, 1.82) is 0 Å². The van der Waals surface area contributed by atoms with Crippen LogP contribution in [-0.2, 0) is 0 Å². The molecule has 0 bridgehead atoms. The molecule has 5 rings (SSSR count). The third-order valence-corrected chi connectivity index (χ3v) is 6.02. The van der Waals surface area contributed by atoms with Gasteiger partial charge in [0.2, 0.25) is 0 Å². The van der Waals surface area contributed by atoms with Crippen molar-refractivity contribution < 1.29 is 14.4 Å². The van der Waals surface area contributed by atoms with E-state index >= 15 is 0 Å². The molecule has 1 aliphatic carbocycles. The van der Waals surface area contributed by atoms with Crippen molar-refractivity contribution >= 4 is 28.1 Å². The number of anilines is 2. The maximum absolute atomic E-state index is 13.4. The van der Waals surface area contributed by atoms with Crippen LogP contribution in [0.3, 0.4) is 0 Å². The predicted octanol–water partition coefficient (Wildman–Crippen LogP) is 3.93. The molecule has 29 heavy (non-hydrogen) atoms. The SMILES string of the molecule is C[C@@H]1C[C@@H](C)CN(c2cc(NCCO)c3c4c(onc24)-c2ccccc2C3=O)C1. The van der Waals surface area contributed by atoms with Gasteiger partial charge in [-0.15, -0.1) is 0 Å². The van der Waals surface area contributed by atoms with E-state index in [1.807, 2.05) is 30.3 Å². The predicted molar refractivity (Wildman–Crippen MR) is 114 cm³/mol. The molecule has 0 radical (unpaired) electrons. The first-order valence-corrected chi connectivity index (χ1v) is 10.3. The molecule has 1 saturated heterocycles. The summed E-state index contributed by atoms with van der Waals surface area (Å²) in [4.78, 5) is 15.7. The van der Waals surface area contributed by atoms with Crippen molar-refractivity contribution in [3.8, 4) is 11.3 Å². The highest BCUT2D eigenvalue weighted by atomic mass is 16.5. The van der Waals surface area contributed by atoms with Gasteiger partial charge in [-0.2, -0.15) is 0 Å². The molecule has 1 aromatic heterocycles. The van der Waals surface area contributed by atoms with Gasteiger partial charge in [-0.3, -0.25) is 4.79 Å². The van der Waals surface area contributed by atoms with E-state index in [-0.39, 0.29) is 12.4 Å². The summed E-state index contributed by atoms with van der Waals surface area (Å²) in [5, 5.41) is 17.8. The Morgan fingerprint density at radius 3 is 2.66 bits per heavy atom. The lowest BCUT2D eigenvalue weighted by Gasteiger charge is -2.37. The van der Waals surface area contributed by atoms with Gasteiger partial charge in [0.05, 0.1) is 23.2 Å². The summed E-state index contributed by atoms with van der Waals surface area (Å²) in [6.45, 7) is 6.81. The zero-order chi connectivity index (χ0) is 20.1. The van der Waals surface area contributed by atoms with E-state index in [4.69, 9.17) is 4.52 Å². The summed E-state index contributed by atoms with van der Waals surface area (Å²) in [5.74, 6) is 1.79. The van der Waals surface area contributed by atoms with Gasteiger partial charge in [-0.1, -0.05) is 43.3 Å². The number of fused-ring (bicyclic) bond motifs is 2. The number of hydrogen-bond acceptors (Lipinski definition) is 6. The molecule has 0 spiro atoms. The van der Waals surface area contributed by atoms with Crippen LogP contribution in [0.25, 0.3) is 22.2 Å². The molecule has 1 fully saturated rings. The lowest BCUT2D eigenvalue weighted by atomic mass is 9.85. The number of carbonyl (C=O) groups excluding carboxylic acids is 1.